The summed E-state index contributed by atoms with van der Waals surface area (Å²) in [4.78, 5) is 11.3. The monoisotopic (exact) mass is 273 g/mol. The van der Waals surface area contributed by atoms with Gasteiger partial charge in [-0.1, -0.05) is 6.92 Å². The molecule has 0 saturated heterocycles. The highest BCUT2D eigenvalue weighted by atomic mass is 16.5. The Morgan fingerprint density at radius 1 is 1.30 bits per heavy atom. The van der Waals surface area contributed by atoms with Crippen LogP contribution >= 0.6 is 0 Å². The highest BCUT2D eigenvalue weighted by Gasteiger charge is 2.16. The lowest BCUT2D eigenvalue weighted by Gasteiger charge is -2.03. The molecule has 0 aliphatic carbocycles. The van der Waals surface area contributed by atoms with Crippen molar-refractivity contribution in [1.82, 2.24) is 9.78 Å². The van der Waals surface area contributed by atoms with Gasteiger partial charge in [0.05, 0.1) is 12.2 Å². The molecular weight excluding hydrogens is 254 g/mol. The van der Waals surface area contributed by atoms with Crippen LogP contribution in [0.4, 0.5) is 5.82 Å². The normalized spacial score (nSPS) is 10.5. The summed E-state index contributed by atoms with van der Waals surface area (Å²) < 4.78 is 7.08. The van der Waals surface area contributed by atoms with Crippen molar-refractivity contribution in [2.75, 3.05) is 12.3 Å². The Morgan fingerprint density at radius 2 is 2.00 bits per heavy atom. The molecule has 5 heteroatoms. The van der Waals surface area contributed by atoms with Crippen LogP contribution in [0.25, 0.3) is 11.3 Å². The first-order chi connectivity index (χ1) is 9.71. The first-order valence-corrected chi connectivity index (χ1v) is 6.75. The average Bonchev–Trinajstić information content (AvgIpc) is 2.77. The van der Waals surface area contributed by atoms with E-state index in [0.717, 1.165) is 24.0 Å². The number of benzene rings is 1. The molecule has 0 atom stereocenters. The molecule has 0 unspecified atom stereocenters. The van der Waals surface area contributed by atoms with Gasteiger partial charge in [0.25, 0.3) is 0 Å². The van der Waals surface area contributed by atoms with E-state index in [-0.39, 0.29) is 0 Å². The second kappa shape index (κ2) is 6.23. The second-order valence-electron chi connectivity index (χ2n) is 4.45. The molecule has 1 aromatic heterocycles. The van der Waals surface area contributed by atoms with Gasteiger partial charge >= 0.3 is 0 Å². The van der Waals surface area contributed by atoms with Crippen molar-refractivity contribution < 1.29 is 9.53 Å². The van der Waals surface area contributed by atoms with Crippen LogP contribution in [0, 0.1) is 0 Å². The quantitative estimate of drug-likeness (QED) is 0.821. The summed E-state index contributed by atoms with van der Waals surface area (Å²) in [5.41, 5.74) is 7.88. The maximum absolute atomic E-state index is 11.3. The van der Waals surface area contributed by atoms with E-state index in [1.807, 2.05) is 38.1 Å². The largest absolute Gasteiger partial charge is 0.494 e. The number of hydrogen-bond acceptors (Lipinski definition) is 4. The summed E-state index contributed by atoms with van der Waals surface area (Å²) >= 11 is 0. The zero-order chi connectivity index (χ0) is 14.5. The molecule has 0 bridgehead atoms. The van der Waals surface area contributed by atoms with Crippen LogP contribution in [0.5, 0.6) is 5.75 Å². The van der Waals surface area contributed by atoms with Crippen molar-refractivity contribution in [2.24, 2.45) is 0 Å². The molecule has 20 heavy (non-hydrogen) atoms. The summed E-state index contributed by atoms with van der Waals surface area (Å²) in [6.07, 6.45) is 1.67. The number of carbonyl (C=O) groups is 1. The fourth-order valence-electron chi connectivity index (χ4n) is 2.08. The highest BCUT2D eigenvalue weighted by molar-refractivity contribution is 5.91. The molecule has 106 valence electrons. The molecule has 2 aromatic rings. The van der Waals surface area contributed by atoms with Crippen molar-refractivity contribution in [1.29, 1.82) is 0 Å². The fraction of sp³-hybridized carbons (Fsp3) is 0.333. The average molecular weight is 273 g/mol. The molecular formula is C15H19N3O2. The molecule has 0 spiro atoms. The zero-order valence-corrected chi connectivity index (χ0v) is 11.8. The number of nitrogens with zero attached hydrogens (tertiary/aromatic N) is 2. The molecule has 0 fully saturated rings. The van der Waals surface area contributed by atoms with E-state index < -0.39 is 0 Å². The SMILES string of the molecule is CCCn1nc(-c2ccc(OCC)cc2)c(C=O)c1N. The van der Waals surface area contributed by atoms with Gasteiger partial charge < -0.3 is 10.5 Å². The van der Waals surface area contributed by atoms with E-state index in [4.69, 9.17) is 10.5 Å². The van der Waals surface area contributed by atoms with Crippen molar-refractivity contribution in [2.45, 2.75) is 26.8 Å². The van der Waals surface area contributed by atoms with Gasteiger partial charge in [-0.3, -0.25) is 4.79 Å². The van der Waals surface area contributed by atoms with Crippen LogP contribution in [0.2, 0.25) is 0 Å². The molecule has 0 saturated carbocycles. The minimum Gasteiger partial charge on any atom is -0.494 e. The summed E-state index contributed by atoms with van der Waals surface area (Å²) in [5, 5.41) is 4.44. The smallest absolute Gasteiger partial charge is 0.156 e. The standard InChI is InChI=1S/C15H19N3O2/c1-3-9-18-15(16)13(10-19)14(17-18)11-5-7-12(8-6-11)20-4-2/h5-8,10H,3-4,9,16H2,1-2H3. The van der Waals surface area contributed by atoms with Gasteiger partial charge in [-0.15, -0.1) is 0 Å². The van der Waals surface area contributed by atoms with Crippen LogP contribution in [-0.2, 0) is 6.54 Å². The van der Waals surface area contributed by atoms with Crippen molar-refractivity contribution in [3.8, 4) is 17.0 Å². The van der Waals surface area contributed by atoms with Crippen LogP contribution in [0.15, 0.2) is 24.3 Å². The van der Waals surface area contributed by atoms with Gasteiger partial charge in [0.1, 0.15) is 17.3 Å². The summed E-state index contributed by atoms with van der Waals surface area (Å²) in [5.74, 6) is 1.22. The van der Waals surface area contributed by atoms with E-state index in [0.29, 0.717) is 30.2 Å². The number of hydrogen-bond donors (Lipinski definition) is 1. The zero-order valence-electron chi connectivity index (χ0n) is 11.8. The number of nitrogens with two attached hydrogens (primary N) is 1. The number of aryl methyl sites for hydroxylation is 1. The van der Waals surface area contributed by atoms with Crippen molar-refractivity contribution >= 4 is 12.1 Å². The molecule has 1 aromatic carbocycles. The third-order valence-electron chi connectivity index (χ3n) is 3.02. The summed E-state index contributed by atoms with van der Waals surface area (Å²) in [6, 6.07) is 7.50. The molecule has 2 N–H and O–H groups in total. The maximum atomic E-state index is 11.3. The van der Waals surface area contributed by atoms with Gasteiger partial charge in [-0.05, 0) is 37.6 Å². The molecule has 0 radical (unpaired) electrons. The number of rotatable bonds is 6. The third kappa shape index (κ3) is 2.66. The Labute approximate surface area is 118 Å². The predicted molar refractivity (Wildman–Crippen MR) is 78.9 cm³/mol. The molecule has 0 aliphatic rings. The Morgan fingerprint density at radius 3 is 2.55 bits per heavy atom. The molecule has 0 amide bonds. The van der Waals surface area contributed by atoms with E-state index in [9.17, 15) is 4.79 Å². The van der Waals surface area contributed by atoms with Crippen molar-refractivity contribution in [3.05, 3.63) is 29.8 Å². The summed E-state index contributed by atoms with van der Waals surface area (Å²) in [6.45, 7) is 5.30. The number of anilines is 1. The van der Waals surface area contributed by atoms with E-state index in [2.05, 4.69) is 5.10 Å². The molecule has 1 heterocycles. The van der Waals surface area contributed by atoms with Gasteiger partial charge in [0.2, 0.25) is 0 Å². The molecule has 2 rings (SSSR count). The number of ether oxygens (including phenoxy) is 1. The minimum absolute atomic E-state index is 0.422. The minimum atomic E-state index is 0.422. The van der Waals surface area contributed by atoms with E-state index in [1.54, 1.807) is 4.68 Å². The summed E-state index contributed by atoms with van der Waals surface area (Å²) in [7, 11) is 0. The Kier molecular flexibility index (Phi) is 4.40. The fourth-order valence-corrected chi connectivity index (χ4v) is 2.08. The third-order valence-corrected chi connectivity index (χ3v) is 3.02. The van der Waals surface area contributed by atoms with Crippen LogP contribution < -0.4 is 10.5 Å². The van der Waals surface area contributed by atoms with Gasteiger partial charge in [0, 0.05) is 12.1 Å². The topological polar surface area (TPSA) is 70.1 Å². The lowest BCUT2D eigenvalue weighted by atomic mass is 10.1. The van der Waals surface area contributed by atoms with Gasteiger partial charge in [-0.2, -0.15) is 5.10 Å². The first kappa shape index (κ1) is 14.1. The highest BCUT2D eigenvalue weighted by Crippen LogP contribution is 2.27. The number of aldehydes is 1. The van der Waals surface area contributed by atoms with E-state index in [1.165, 1.54) is 0 Å². The Hall–Kier alpha value is -2.30. The number of nitrogen functional groups attached to an aromatic ring is 1. The second-order valence-corrected chi connectivity index (χ2v) is 4.45. The lowest BCUT2D eigenvalue weighted by Crippen LogP contribution is -2.04. The van der Waals surface area contributed by atoms with E-state index >= 15 is 0 Å². The van der Waals surface area contributed by atoms with Gasteiger partial charge in [-0.25, -0.2) is 4.68 Å². The van der Waals surface area contributed by atoms with Crippen molar-refractivity contribution in [3.63, 3.8) is 0 Å². The van der Waals surface area contributed by atoms with Crippen LogP contribution in [0.1, 0.15) is 30.6 Å². The Balaban J connectivity index is 2.40. The first-order valence-electron chi connectivity index (χ1n) is 6.75. The lowest BCUT2D eigenvalue weighted by molar-refractivity contribution is 0.112. The Bertz CT molecular complexity index is 588. The maximum Gasteiger partial charge on any atom is 0.156 e. The van der Waals surface area contributed by atoms with Crippen LogP contribution in [-0.4, -0.2) is 22.7 Å². The molecule has 0 aliphatic heterocycles. The van der Waals surface area contributed by atoms with Gasteiger partial charge in [0.15, 0.2) is 6.29 Å². The number of carbonyl (C=O) groups excluding carboxylic acids is 1. The predicted octanol–water partition coefficient (Wildman–Crippen LogP) is 2.75. The number of aromatic nitrogens is 2. The molecule has 5 nitrogen and oxygen atoms in total. The van der Waals surface area contributed by atoms with Crippen LogP contribution in [0.3, 0.4) is 0 Å².